The number of ether oxygens (including phenoxy) is 1. The molecule has 3 aromatic rings. The minimum atomic E-state index is 0.686. The van der Waals surface area contributed by atoms with Crippen LogP contribution in [0.4, 0.5) is 0 Å². The fraction of sp³-hybridized carbons (Fsp3) is 0.433. The summed E-state index contributed by atoms with van der Waals surface area (Å²) in [4.78, 5) is 7.67. The zero-order valence-electron chi connectivity index (χ0n) is 21.1. The second-order valence-electron chi connectivity index (χ2n) is 9.30. The van der Waals surface area contributed by atoms with Gasteiger partial charge in [0, 0.05) is 42.5 Å². The summed E-state index contributed by atoms with van der Waals surface area (Å²) >= 11 is 0. The molecule has 0 saturated heterocycles. The number of nitrogens with two attached hydrogens (primary N) is 1. The minimum Gasteiger partial charge on any atom is -0.493 e. The highest BCUT2D eigenvalue weighted by molar-refractivity contribution is 5.70. The number of pyridine rings is 1. The van der Waals surface area contributed by atoms with Crippen molar-refractivity contribution in [2.24, 2.45) is 5.73 Å². The van der Waals surface area contributed by atoms with Crippen LogP contribution in [0.25, 0.3) is 11.3 Å². The zero-order valence-corrected chi connectivity index (χ0v) is 21.1. The smallest absolute Gasteiger partial charge is 0.127 e. The van der Waals surface area contributed by atoms with Gasteiger partial charge < -0.3 is 10.5 Å². The van der Waals surface area contributed by atoms with Crippen LogP contribution in [0.5, 0.6) is 5.75 Å². The van der Waals surface area contributed by atoms with E-state index < -0.39 is 0 Å². The summed E-state index contributed by atoms with van der Waals surface area (Å²) in [5, 5.41) is 0. The van der Waals surface area contributed by atoms with Crippen molar-refractivity contribution in [2.45, 2.75) is 66.0 Å². The number of hydrogen-bond donors (Lipinski definition) is 1. The molecule has 1 aliphatic heterocycles. The van der Waals surface area contributed by atoms with Crippen LogP contribution in [0, 0.1) is 6.92 Å². The van der Waals surface area contributed by atoms with Crippen LogP contribution in [0.3, 0.4) is 0 Å². The normalized spacial score (nSPS) is 13.6. The molecule has 2 N–H and O–H groups in total. The third-order valence-corrected chi connectivity index (χ3v) is 6.99. The molecule has 0 saturated carbocycles. The monoisotopic (exact) mass is 457 g/mol. The van der Waals surface area contributed by atoms with Crippen LogP contribution in [0.2, 0.25) is 0 Å². The van der Waals surface area contributed by atoms with Gasteiger partial charge in [-0.15, -0.1) is 0 Å². The Morgan fingerprint density at radius 2 is 1.71 bits per heavy atom. The summed E-state index contributed by atoms with van der Waals surface area (Å²) in [5.41, 5.74) is 15.9. The third kappa shape index (κ3) is 5.51. The number of aryl methyl sites for hydroxylation is 3. The maximum absolute atomic E-state index is 6.42. The lowest BCUT2D eigenvalue weighted by molar-refractivity contribution is 0.236. The molecular formula is C30H39N3O. The summed E-state index contributed by atoms with van der Waals surface area (Å²) in [6.45, 7) is 10.9. The lowest BCUT2D eigenvalue weighted by atomic mass is 9.94. The Balaban J connectivity index is 1.68. The van der Waals surface area contributed by atoms with Crippen LogP contribution in [-0.4, -0.2) is 29.6 Å². The first kappa shape index (κ1) is 24.4. The highest BCUT2D eigenvalue weighted by Crippen LogP contribution is 2.34. The van der Waals surface area contributed by atoms with E-state index in [1.807, 2.05) is 0 Å². The average molecular weight is 458 g/mol. The van der Waals surface area contributed by atoms with Gasteiger partial charge in [0.1, 0.15) is 5.75 Å². The Hall–Kier alpha value is -2.69. The van der Waals surface area contributed by atoms with Gasteiger partial charge in [-0.2, -0.15) is 0 Å². The highest BCUT2D eigenvalue weighted by atomic mass is 16.5. The van der Waals surface area contributed by atoms with Gasteiger partial charge in [-0.25, -0.2) is 0 Å². The van der Waals surface area contributed by atoms with E-state index in [2.05, 4.69) is 74.2 Å². The van der Waals surface area contributed by atoms with Crippen molar-refractivity contribution in [3.8, 4) is 17.0 Å². The van der Waals surface area contributed by atoms with Crippen LogP contribution in [0.15, 0.2) is 48.5 Å². The molecule has 1 aromatic heterocycles. The summed E-state index contributed by atoms with van der Waals surface area (Å²) < 4.78 is 6.42. The molecule has 0 aliphatic carbocycles. The molecule has 2 aromatic carbocycles. The molecule has 0 radical (unpaired) electrons. The van der Waals surface area contributed by atoms with Gasteiger partial charge in [0.25, 0.3) is 0 Å². The summed E-state index contributed by atoms with van der Waals surface area (Å²) in [7, 11) is 0. The van der Waals surface area contributed by atoms with Gasteiger partial charge in [0.05, 0.1) is 12.3 Å². The molecule has 4 nitrogen and oxygen atoms in total. The Bertz CT molecular complexity index is 1090. The Labute approximate surface area is 205 Å². The molecule has 0 spiro atoms. The average Bonchev–Trinajstić information content (AvgIpc) is 2.87. The van der Waals surface area contributed by atoms with E-state index in [4.69, 9.17) is 15.5 Å². The van der Waals surface area contributed by atoms with Crippen LogP contribution in [-0.2, 0) is 32.4 Å². The van der Waals surface area contributed by atoms with E-state index in [1.165, 1.54) is 33.4 Å². The number of aromatic nitrogens is 1. The molecule has 2 heterocycles. The number of benzene rings is 2. The molecule has 0 atom stereocenters. The predicted octanol–water partition coefficient (Wildman–Crippen LogP) is 5.86. The SMILES string of the molecule is CCc1cccc(CC)c1-c1cc(OCCCCN)c(CN2CCc3ccccc3C2)c(C)n1. The number of nitrogens with zero attached hydrogens (tertiary/aromatic N) is 2. The first-order valence-electron chi connectivity index (χ1n) is 12.9. The van der Waals surface area contributed by atoms with Crippen LogP contribution in [0.1, 0.15) is 60.2 Å². The summed E-state index contributed by atoms with van der Waals surface area (Å²) in [5.74, 6) is 0.978. The van der Waals surface area contributed by atoms with Crippen molar-refractivity contribution in [1.29, 1.82) is 0 Å². The maximum atomic E-state index is 6.42. The number of unbranched alkanes of at least 4 members (excludes halogenated alkanes) is 1. The molecule has 1 aliphatic rings. The van der Waals surface area contributed by atoms with E-state index in [1.54, 1.807) is 0 Å². The fourth-order valence-corrected chi connectivity index (χ4v) is 5.03. The van der Waals surface area contributed by atoms with Crippen molar-refractivity contribution >= 4 is 0 Å². The molecule has 0 bridgehead atoms. The zero-order chi connectivity index (χ0) is 23.9. The number of rotatable bonds is 10. The minimum absolute atomic E-state index is 0.686. The van der Waals surface area contributed by atoms with Gasteiger partial charge in [-0.05, 0) is 67.8 Å². The lowest BCUT2D eigenvalue weighted by Crippen LogP contribution is -2.30. The maximum Gasteiger partial charge on any atom is 0.127 e. The number of hydrogen-bond acceptors (Lipinski definition) is 4. The Morgan fingerprint density at radius 1 is 0.971 bits per heavy atom. The molecule has 0 fully saturated rings. The number of fused-ring (bicyclic) bond motifs is 1. The van der Waals surface area contributed by atoms with Crippen molar-refractivity contribution in [2.75, 3.05) is 19.7 Å². The van der Waals surface area contributed by atoms with Gasteiger partial charge in [-0.1, -0.05) is 56.3 Å². The Morgan fingerprint density at radius 3 is 2.41 bits per heavy atom. The first-order valence-corrected chi connectivity index (χ1v) is 12.9. The van der Waals surface area contributed by atoms with Gasteiger partial charge in [0.2, 0.25) is 0 Å². The Kier molecular flexibility index (Phi) is 8.36. The molecule has 180 valence electrons. The standard InChI is InChI=1S/C30H39N3O/c1-4-23-13-10-14-24(5-2)30(23)28-19-29(34-18-9-8-16-31)27(22(3)32-28)21-33-17-15-25-11-6-7-12-26(25)20-33/h6-7,10-14,19H,4-5,8-9,15-18,20-21,31H2,1-3H3. The molecule has 4 rings (SSSR count). The molecule has 4 heteroatoms. The topological polar surface area (TPSA) is 51.4 Å². The largest absolute Gasteiger partial charge is 0.493 e. The van der Waals surface area contributed by atoms with Gasteiger partial charge >= 0.3 is 0 Å². The van der Waals surface area contributed by atoms with E-state index in [9.17, 15) is 0 Å². The first-order chi connectivity index (χ1) is 16.6. The van der Waals surface area contributed by atoms with Gasteiger partial charge in [0.15, 0.2) is 0 Å². The second-order valence-corrected chi connectivity index (χ2v) is 9.30. The van der Waals surface area contributed by atoms with Gasteiger partial charge in [-0.3, -0.25) is 9.88 Å². The lowest BCUT2D eigenvalue weighted by Gasteiger charge is -2.30. The second kappa shape index (κ2) is 11.6. The van der Waals surface area contributed by atoms with Crippen molar-refractivity contribution in [3.63, 3.8) is 0 Å². The predicted molar refractivity (Wildman–Crippen MR) is 141 cm³/mol. The van der Waals surface area contributed by atoms with E-state index in [-0.39, 0.29) is 0 Å². The molecular weight excluding hydrogens is 418 g/mol. The van der Waals surface area contributed by atoms with E-state index in [0.717, 1.165) is 68.9 Å². The molecule has 0 unspecified atom stereocenters. The molecule has 34 heavy (non-hydrogen) atoms. The van der Waals surface area contributed by atoms with Crippen molar-refractivity contribution in [3.05, 3.63) is 82.0 Å². The summed E-state index contributed by atoms with van der Waals surface area (Å²) in [6, 6.07) is 17.6. The van der Waals surface area contributed by atoms with Crippen LogP contribution >= 0.6 is 0 Å². The van der Waals surface area contributed by atoms with E-state index in [0.29, 0.717) is 13.2 Å². The fourth-order valence-electron chi connectivity index (χ4n) is 5.03. The van der Waals surface area contributed by atoms with Crippen molar-refractivity contribution < 1.29 is 4.74 Å². The quantitative estimate of drug-likeness (QED) is 0.388. The van der Waals surface area contributed by atoms with Crippen LogP contribution < -0.4 is 10.5 Å². The van der Waals surface area contributed by atoms with Crippen molar-refractivity contribution in [1.82, 2.24) is 9.88 Å². The third-order valence-electron chi connectivity index (χ3n) is 6.99. The summed E-state index contributed by atoms with van der Waals surface area (Å²) in [6.07, 6.45) is 5.03. The molecule has 0 amide bonds. The van der Waals surface area contributed by atoms with E-state index >= 15 is 0 Å². The highest BCUT2D eigenvalue weighted by Gasteiger charge is 2.21.